The zero-order valence-electron chi connectivity index (χ0n) is 28.2. The van der Waals surface area contributed by atoms with Crippen LogP contribution in [0.3, 0.4) is 0 Å². The minimum atomic E-state index is 0.820. The molecule has 3 heteroatoms. The van der Waals surface area contributed by atoms with Crippen LogP contribution in [0.5, 0.6) is 0 Å². The van der Waals surface area contributed by atoms with Crippen molar-refractivity contribution >= 4 is 32.3 Å². The van der Waals surface area contributed by atoms with Gasteiger partial charge in [0.15, 0.2) is 0 Å². The maximum absolute atomic E-state index is 4.93. The van der Waals surface area contributed by atoms with E-state index in [4.69, 9.17) is 4.98 Å². The molecule has 0 radical (unpaired) electrons. The van der Waals surface area contributed by atoms with Gasteiger partial charge in [0.25, 0.3) is 0 Å². The number of rotatable bonds is 6. The van der Waals surface area contributed by atoms with E-state index >= 15 is 0 Å². The van der Waals surface area contributed by atoms with E-state index in [-0.39, 0.29) is 0 Å². The van der Waals surface area contributed by atoms with E-state index < -0.39 is 0 Å². The highest BCUT2D eigenvalue weighted by molar-refractivity contribution is 6.25. The van der Waals surface area contributed by atoms with E-state index in [1.54, 1.807) is 12.4 Å². The first-order chi connectivity index (χ1) is 25.7. The van der Waals surface area contributed by atoms with Gasteiger partial charge in [-0.1, -0.05) is 133 Å². The first-order valence-electron chi connectivity index (χ1n) is 17.6. The second-order valence-electron chi connectivity index (χ2n) is 13.3. The minimum absolute atomic E-state index is 0.820. The monoisotopic (exact) mass is 661 g/mol. The van der Waals surface area contributed by atoms with E-state index in [0.717, 1.165) is 33.9 Å². The summed E-state index contributed by atoms with van der Waals surface area (Å²) < 4.78 is 0. The molecule has 0 spiro atoms. The third-order valence-electron chi connectivity index (χ3n) is 10.2. The number of aromatic nitrogens is 3. The van der Waals surface area contributed by atoms with Gasteiger partial charge in [-0.05, 0) is 119 Å². The standard InChI is InChI=1S/C49H31N3/c1-3-27-50-44(11-1)46-30-41(31-47(52-46)45-12-2-4-28-51-45)34-15-13-32(14-16-34)39-9-6-10-40(29-39)33-17-19-35(20-18-33)42-25-23-38-22-21-36-7-5-8-37-24-26-43(42)49(38)48(36)37/h1-31H. The maximum atomic E-state index is 4.93. The summed E-state index contributed by atoms with van der Waals surface area (Å²) in [6.07, 6.45) is 3.60. The fraction of sp³-hybridized carbons (Fsp3) is 0. The molecule has 0 bridgehead atoms. The van der Waals surface area contributed by atoms with Crippen LogP contribution in [-0.4, -0.2) is 15.0 Å². The van der Waals surface area contributed by atoms with Crippen molar-refractivity contribution in [3.63, 3.8) is 0 Å². The molecule has 0 fully saturated rings. The largest absolute Gasteiger partial charge is 0.255 e. The van der Waals surface area contributed by atoms with Crippen LogP contribution in [0.25, 0.3) is 99.6 Å². The molecule has 0 atom stereocenters. The molecule has 0 amide bonds. The lowest BCUT2D eigenvalue weighted by atomic mass is 9.89. The van der Waals surface area contributed by atoms with Crippen LogP contribution >= 0.6 is 0 Å². The van der Waals surface area contributed by atoms with E-state index in [2.05, 4.69) is 149 Å². The number of benzene rings is 7. The molecule has 0 aliphatic rings. The van der Waals surface area contributed by atoms with Crippen molar-refractivity contribution in [3.05, 3.63) is 188 Å². The summed E-state index contributed by atoms with van der Waals surface area (Å²) in [5.74, 6) is 0. The van der Waals surface area contributed by atoms with Crippen molar-refractivity contribution in [2.75, 3.05) is 0 Å². The number of hydrogen-bond donors (Lipinski definition) is 0. The Morgan fingerprint density at radius 2 is 0.788 bits per heavy atom. The Bertz CT molecular complexity index is 2790. The fourth-order valence-corrected chi connectivity index (χ4v) is 7.55. The molecule has 3 nitrogen and oxygen atoms in total. The molecule has 3 heterocycles. The second kappa shape index (κ2) is 12.4. The normalized spacial score (nSPS) is 11.5. The van der Waals surface area contributed by atoms with Crippen molar-refractivity contribution < 1.29 is 0 Å². The molecule has 0 aliphatic heterocycles. The van der Waals surface area contributed by atoms with Gasteiger partial charge in [0.1, 0.15) is 0 Å². The lowest BCUT2D eigenvalue weighted by Gasteiger charge is -2.14. The topological polar surface area (TPSA) is 38.7 Å². The Balaban J connectivity index is 0.959. The summed E-state index contributed by atoms with van der Waals surface area (Å²) in [5, 5.41) is 7.87. The lowest BCUT2D eigenvalue weighted by Crippen LogP contribution is -1.93. The van der Waals surface area contributed by atoms with Crippen molar-refractivity contribution in [1.29, 1.82) is 0 Å². The number of pyridine rings is 3. The molecule has 0 saturated heterocycles. The first kappa shape index (κ1) is 29.9. The Morgan fingerprint density at radius 1 is 0.288 bits per heavy atom. The van der Waals surface area contributed by atoms with Gasteiger partial charge in [-0.15, -0.1) is 0 Å². The molecular weight excluding hydrogens is 631 g/mol. The molecule has 10 aromatic rings. The van der Waals surface area contributed by atoms with Crippen LogP contribution < -0.4 is 0 Å². The maximum Gasteiger partial charge on any atom is 0.0900 e. The Labute approximate surface area is 301 Å². The minimum Gasteiger partial charge on any atom is -0.255 e. The smallest absolute Gasteiger partial charge is 0.0900 e. The first-order valence-corrected chi connectivity index (χ1v) is 17.6. The summed E-state index contributed by atoms with van der Waals surface area (Å²) in [6.45, 7) is 0. The molecular formula is C49H31N3. The van der Waals surface area contributed by atoms with Gasteiger partial charge in [0.2, 0.25) is 0 Å². The van der Waals surface area contributed by atoms with Crippen molar-refractivity contribution in [3.8, 4) is 67.3 Å². The molecule has 0 saturated carbocycles. The van der Waals surface area contributed by atoms with Crippen LogP contribution in [0.4, 0.5) is 0 Å². The van der Waals surface area contributed by atoms with Crippen molar-refractivity contribution in [1.82, 2.24) is 15.0 Å². The summed E-state index contributed by atoms with van der Waals surface area (Å²) in [7, 11) is 0. The van der Waals surface area contributed by atoms with Gasteiger partial charge in [0, 0.05) is 12.4 Å². The third-order valence-corrected chi connectivity index (χ3v) is 10.2. The zero-order valence-corrected chi connectivity index (χ0v) is 28.2. The average molecular weight is 662 g/mol. The second-order valence-corrected chi connectivity index (χ2v) is 13.3. The average Bonchev–Trinajstić information content (AvgIpc) is 3.23. The van der Waals surface area contributed by atoms with Crippen LogP contribution in [0.2, 0.25) is 0 Å². The molecule has 0 unspecified atom stereocenters. The van der Waals surface area contributed by atoms with Gasteiger partial charge in [-0.3, -0.25) is 9.97 Å². The predicted molar refractivity (Wildman–Crippen MR) is 216 cm³/mol. The zero-order chi connectivity index (χ0) is 34.4. The molecule has 3 aromatic heterocycles. The Morgan fingerprint density at radius 3 is 1.37 bits per heavy atom. The van der Waals surface area contributed by atoms with E-state index in [9.17, 15) is 0 Å². The fourth-order valence-electron chi connectivity index (χ4n) is 7.55. The third kappa shape index (κ3) is 5.28. The molecule has 10 rings (SSSR count). The highest BCUT2D eigenvalue weighted by atomic mass is 14.8. The van der Waals surface area contributed by atoms with Gasteiger partial charge >= 0.3 is 0 Å². The highest BCUT2D eigenvalue weighted by Crippen LogP contribution is 2.40. The Hall–Kier alpha value is -6.97. The van der Waals surface area contributed by atoms with Gasteiger partial charge in [-0.2, -0.15) is 0 Å². The molecule has 0 N–H and O–H groups in total. The summed E-state index contributed by atoms with van der Waals surface area (Å²) in [4.78, 5) is 14.1. The Kier molecular flexibility index (Phi) is 7.14. The lowest BCUT2D eigenvalue weighted by molar-refractivity contribution is 1.22. The van der Waals surface area contributed by atoms with E-state index in [1.807, 2.05) is 36.4 Å². The molecule has 0 aliphatic carbocycles. The van der Waals surface area contributed by atoms with Crippen LogP contribution in [0, 0.1) is 0 Å². The quantitative estimate of drug-likeness (QED) is 0.166. The number of hydrogen-bond acceptors (Lipinski definition) is 3. The van der Waals surface area contributed by atoms with E-state index in [1.165, 1.54) is 65.7 Å². The van der Waals surface area contributed by atoms with Crippen LogP contribution in [0.1, 0.15) is 0 Å². The SMILES string of the molecule is c1ccc(-c2cc(-c3ccc(-c4cccc(-c5ccc(-c6ccc7ccc8cccc9ccc6c7c89)cc5)c4)cc3)cc(-c3ccccn3)n2)nc1. The van der Waals surface area contributed by atoms with Crippen molar-refractivity contribution in [2.45, 2.75) is 0 Å². The summed E-state index contributed by atoms with van der Waals surface area (Å²) in [5.41, 5.74) is 12.7. The van der Waals surface area contributed by atoms with Crippen LogP contribution in [-0.2, 0) is 0 Å². The molecule has 52 heavy (non-hydrogen) atoms. The van der Waals surface area contributed by atoms with Gasteiger partial charge in [-0.25, -0.2) is 4.98 Å². The number of nitrogens with zero attached hydrogens (tertiary/aromatic N) is 3. The molecule has 7 aromatic carbocycles. The summed E-state index contributed by atoms with van der Waals surface area (Å²) in [6, 6.07) is 62.8. The van der Waals surface area contributed by atoms with Crippen LogP contribution in [0.15, 0.2) is 188 Å². The summed E-state index contributed by atoms with van der Waals surface area (Å²) >= 11 is 0. The van der Waals surface area contributed by atoms with Gasteiger partial charge in [0.05, 0.1) is 22.8 Å². The van der Waals surface area contributed by atoms with Crippen molar-refractivity contribution in [2.24, 2.45) is 0 Å². The van der Waals surface area contributed by atoms with E-state index in [0.29, 0.717) is 0 Å². The predicted octanol–water partition coefficient (Wildman–Crippen LogP) is 12.8. The molecule has 242 valence electrons. The van der Waals surface area contributed by atoms with Gasteiger partial charge < -0.3 is 0 Å². The highest BCUT2D eigenvalue weighted by Gasteiger charge is 2.13.